The molecule has 2 heterocycles. The quantitative estimate of drug-likeness (QED) is 0.779. The van der Waals surface area contributed by atoms with Gasteiger partial charge in [-0.1, -0.05) is 30.3 Å². The highest BCUT2D eigenvalue weighted by atomic mass is 32.1. The standard InChI is InChI=1S/C18H18N2O2S/c1-11-12(2)22-13(3)16(11)17(21)19-9-15-10-23-18(20-15)14-7-5-4-6-8-14/h4-8,10H,9H2,1-3H3,(H,19,21). The van der Waals surface area contributed by atoms with Gasteiger partial charge in [0.1, 0.15) is 16.5 Å². The predicted octanol–water partition coefficient (Wildman–Crippen LogP) is 4.26. The number of nitrogens with one attached hydrogen (secondary N) is 1. The van der Waals surface area contributed by atoms with Crippen molar-refractivity contribution in [2.45, 2.75) is 27.3 Å². The van der Waals surface area contributed by atoms with E-state index in [1.807, 2.05) is 56.5 Å². The number of carbonyl (C=O) groups excluding carboxylic acids is 1. The van der Waals surface area contributed by atoms with Crippen LogP contribution in [0.3, 0.4) is 0 Å². The Labute approximate surface area is 139 Å². The van der Waals surface area contributed by atoms with E-state index < -0.39 is 0 Å². The van der Waals surface area contributed by atoms with Crippen LogP contribution in [0.5, 0.6) is 0 Å². The number of nitrogens with zero attached hydrogens (tertiary/aromatic N) is 1. The maximum absolute atomic E-state index is 12.4. The molecular weight excluding hydrogens is 308 g/mol. The van der Waals surface area contributed by atoms with Crippen LogP contribution in [0.4, 0.5) is 0 Å². The van der Waals surface area contributed by atoms with Gasteiger partial charge in [-0.25, -0.2) is 4.98 Å². The number of hydrogen-bond donors (Lipinski definition) is 1. The third-order valence-corrected chi connectivity index (χ3v) is 4.73. The zero-order chi connectivity index (χ0) is 16.4. The lowest BCUT2D eigenvalue weighted by Gasteiger charge is -2.03. The summed E-state index contributed by atoms with van der Waals surface area (Å²) in [5, 5.41) is 5.86. The van der Waals surface area contributed by atoms with Gasteiger partial charge in [-0.2, -0.15) is 0 Å². The summed E-state index contributed by atoms with van der Waals surface area (Å²) in [5.41, 5.74) is 3.47. The van der Waals surface area contributed by atoms with Crippen molar-refractivity contribution in [3.63, 3.8) is 0 Å². The van der Waals surface area contributed by atoms with Crippen molar-refractivity contribution in [3.05, 3.63) is 64.1 Å². The Morgan fingerprint density at radius 1 is 1.17 bits per heavy atom. The van der Waals surface area contributed by atoms with Gasteiger partial charge < -0.3 is 9.73 Å². The Morgan fingerprint density at radius 2 is 1.91 bits per heavy atom. The molecule has 1 amide bonds. The molecule has 0 fully saturated rings. The van der Waals surface area contributed by atoms with Crippen molar-refractivity contribution in [2.24, 2.45) is 0 Å². The summed E-state index contributed by atoms with van der Waals surface area (Å²) in [4.78, 5) is 16.9. The van der Waals surface area contributed by atoms with Gasteiger partial charge in [0.2, 0.25) is 0 Å². The summed E-state index contributed by atoms with van der Waals surface area (Å²) in [6, 6.07) is 10.0. The third kappa shape index (κ3) is 3.19. The number of aromatic nitrogens is 1. The molecule has 0 saturated carbocycles. The van der Waals surface area contributed by atoms with E-state index in [0.717, 1.165) is 27.6 Å². The Bertz CT molecular complexity index is 834. The van der Waals surface area contributed by atoms with Gasteiger partial charge in [0.15, 0.2) is 0 Å². The van der Waals surface area contributed by atoms with Crippen molar-refractivity contribution in [3.8, 4) is 10.6 Å². The van der Waals surface area contributed by atoms with Crippen molar-refractivity contribution < 1.29 is 9.21 Å². The van der Waals surface area contributed by atoms with Crippen molar-refractivity contribution >= 4 is 17.2 Å². The van der Waals surface area contributed by atoms with Crippen LogP contribution in [0.2, 0.25) is 0 Å². The van der Waals surface area contributed by atoms with Gasteiger partial charge in [-0.3, -0.25) is 4.79 Å². The second-order valence-electron chi connectivity index (χ2n) is 5.41. The molecule has 5 heteroatoms. The number of furan rings is 1. The molecule has 1 aromatic carbocycles. The number of rotatable bonds is 4. The first-order chi connectivity index (χ1) is 11.1. The van der Waals surface area contributed by atoms with Crippen molar-refractivity contribution in [1.29, 1.82) is 0 Å². The van der Waals surface area contributed by atoms with Crippen LogP contribution in [0.25, 0.3) is 10.6 Å². The zero-order valence-electron chi connectivity index (χ0n) is 13.3. The number of carbonyl (C=O) groups is 1. The Hall–Kier alpha value is -2.40. The van der Waals surface area contributed by atoms with Crippen LogP contribution in [-0.2, 0) is 6.54 Å². The maximum Gasteiger partial charge on any atom is 0.255 e. The van der Waals surface area contributed by atoms with Crippen LogP contribution >= 0.6 is 11.3 Å². The summed E-state index contributed by atoms with van der Waals surface area (Å²) < 4.78 is 5.51. The summed E-state index contributed by atoms with van der Waals surface area (Å²) in [5.74, 6) is 1.32. The molecular formula is C18H18N2O2S. The maximum atomic E-state index is 12.4. The fourth-order valence-electron chi connectivity index (χ4n) is 2.49. The highest BCUT2D eigenvalue weighted by Gasteiger charge is 2.18. The normalized spacial score (nSPS) is 10.7. The van der Waals surface area contributed by atoms with E-state index in [1.165, 1.54) is 0 Å². The second-order valence-corrected chi connectivity index (χ2v) is 6.27. The highest BCUT2D eigenvalue weighted by molar-refractivity contribution is 7.13. The molecule has 3 rings (SSSR count). The molecule has 0 aliphatic carbocycles. The molecule has 0 unspecified atom stereocenters. The SMILES string of the molecule is Cc1oc(C)c(C(=O)NCc2csc(-c3ccccc3)n2)c1C. The van der Waals surface area contributed by atoms with Gasteiger partial charge in [-0.05, 0) is 20.8 Å². The van der Waals surface area contributed by atoms with E-state index in [1.54, 1.807) is 11.3 Å². The van der Waals surface area contributed by atoms with E-state index in [0.29, 0.717) is 17.9 Å². The first-order valence-electron chi connectivity index (χ1n) is 7.41. The minimum atomic E-state index is -0.119. The van der Waals surface area contributed by atoms with Crippen LogP contribution < -0.4 is 5.32 Å². The van der Waals surface area contributed by atoms with E-state index in [2.05, 4.69) is 10.3 Å². The molecule has 4 nitrogen and oxygen atoms in total. The van der Waals surface area contributed by atoms with Gasteiger partial charge in [0.25, 0.3) is 5.91 Å². The second kappa shape index (κ2) is 6.38. The fourth-order valence-corrected chi connectivity index (χ4v) is 3.31. The average Bonchev–Trinajstić information content (AvgIpc) is 3.11. The predicted molar refractivity (Wildman–Crippen MR) is 91.6 cm³/mol. The molecule has 0 aliphatic heterocycles. The van der Waals surface area contributed by atoms with Crippen molar-refractivity contribution in [1.82, 2.24) is 10.3 Å². The molecule has 118 valence electrons. The van der Waals surface area contributed by atoms with Crippen molar-refractivity contribution in [2.75, 3.05) is 0 Å². The Morgan fingerprint density at radius 3 is 2.57 bits per heavy atom. The number of benzene rings is 1. The number of amides is 1. The smallest absolute Gasteiger partial charge is 0.255 e. The van der Waals surface area contributed by atoms with Gasteiger partial charge >= 0.3 is 0 Å². The van der Waals surface area contributed by atoms with Crippen LogP contribution in [0.1, 0.15) is 33.1 Å². The first-order valence-corrected chi connectivity index (χ1v) is 8.29. The van der Waals surface area contributed by atoms with Gasteiger partial charge in [0, 0.05) is 16.5 Å². The van der Waals surface area contributed by atoms with Crippen LogP contribution in [0.15, 0.2) is 40.1 Å². The lowest BCUT2D eigenvalue weighted by Crippen LogP contribution is -2.23. The first kappa shape index (κ1) is 15.5. The van der Waals surface area contributed by atoms with E-state index >= 15 is 0 Å². The molecule has 0 spiro atoms. The van der Waals surface area contributed by atoms with E-state index in [4.69, 9.17) is 4.42 Å². The number of aryl methyl sites for hydroxylation is 2. The molecule has 1 N–H and O–H groups in total. The summed E-state index contributed by atoms with van der Waals surface area (Å²) in [7, 11) is 0. The molecule has 0 radical (unpaired) electrons. The van der Waals surface area contributed by atoms with Crippen LogP contribution in [-0.4, -0.2) is 10.9 Å². The number of hydrogen-bond acceptors (Lipinski definition) is 4. The number of thiazole rings is 1. The lowest BCUT2D eigenvalue weighted by molar-refractivity contribution is 0.0948. The van der Waals surface area contributed by atoms with Gasteiger partial charge in [-0.15, -0.1) is 11.3 Å². The van der Waals surface area contributed by atoms with E-state index in [9.17, 15) is 4.79 Å². The molecule has 0 bridgehead atoms. The molecule has 3 aromatic rings. The topological polar surface area (TPSA) is 55.1 Å². The monoisotopic (exact) mass is 326 g/mol. The zero-order valence-corrected chi connectivity index (χ0v) is 14.2. The minimum absolute atomic E-state index is 0.119. The summed E-state index contributed by atoms with van der Waals surface area (Å²) in [6.45, 7) is 5.99. The Balaban J connectivity index is 1.69. The molecule has 2 aromatic heterocycles. The van der Waals surface area contributed by atoms with Gasteiger partial charge in [0.05, 0.1) is 17.8 Å². The molecule has 0 atom stereocenters. The third-order valence-electron chi connectivity index (χ3n) is 3.79. The molecule has 0 saturated heterocycles. The summed E-state index contributed by atoms with van der Waals surface area (Å²) in [6.07, 6.45) is 0. The highest BCUT2D eigenvalue weighted by Crippen LogP contribution is 2.24. The fraction of sp³-hybridized carbons (Fsp3) is 0.222. The largest absolute Gasteiger partial charge is 0.466 e. The Kier molecular flexibility index (Phi) is 4.30. The molecule has 0 aliphatic rings. The van der Waals surface area contributed by atoms with E-state index in [-0.39, 0.29) is 5.91 Å². The average molecular weight is 326 g/mol. The van der Waals surface area contributed by atoms with Crippen LogP contribution in [0, 0.1) is 20.8 Å². The lowest BCUT2D eigenvalue weighted by atomic mass is 10.1. The summed E-state index contributed by atoms with van der Waals surface area (Å²) >= 11 is 1.58. The minimum Gasteiger partial charge on any atom is -0.466 e. The molecule has 23 heavy (non-hydrogen) atoms.